The number of carbonyl (C=O) groups is 1. The SMILES string of the molecule is CC#N.Cc1cc(N2CCOCC2)cc(OS(=O)(=O)C(F)(F)F)c1C(=O)N(C)c1ccc(F)cc1.ClCCl. The molecule has 210 valence electrons. The number of benzene rings is 2. The standard InChI is InChI=1S/C20H20F4N2O5S.C2H3N.CH2Cl2/c1-13-11-16(26-7-9-30-10-8-26)12-17(31-32(28,29)20(22,23)24)18(13)19(27)25(2)15-5-3-14(21)4-6-15;1-2-3;2-1-3/h3-6,11-12H,7-10H2,1-2H3;1H3;1H2. The number of hydrogen-bond acceptors (Lipinski definition) is 7. The van der Waals surface area contributed by atoms with Gasteiger partial charge in [0.15, 0.2) is 5.75 Å². The third kappa shape index (κ3) is 9.20. The van der Waals surface area contributed by atoms with Crippen molar-refractivity contribution in [3.8, 4) is 11.8 Å². The van der Waals surface area contributed by atoms with Gasteiger partial charge in [0.1, 0.15) is 5.82 Å². The monoisotopic (exact) mass is 601 g/mol. The van der Waals surface area contributed by atoms with Gasteiger partial charge in [-0.05, 0) is 42.8 Å². The van der Waals surface area contributed by atoms with Crippen LogP contribution < -0.4 is 14.0 Å². The largest absolute Gasteiger partial charge is 0.534 e. The molecule has 0 spiro atoms. The summed E-state index contributed by atoms with van der Waals surface area (Å²) in [6.07, 6.45) is 0. The summed E-state index contributed by atoms with van der Waals surface area (Å²) < 4.78 is 85.3. The third-order valence-corrected chi connectivity index (χ3v) is 5.84. The maximum Gasteiger partial charge on any atom is 0.534 e. The Labute approximate surface area is 228 Å². The summed E-state index contributed by atoms with van der Waals surface area (Å²) in [7, 11) is -4.70. The molecule has 1 aliphatic rings. The average molecular weight is 602 g/mol. The molecule has 38 heavy (non-hydrogen) atoms. The van der Waals surface area contributed by atoms with Crippen molar-refractivity contribution in [3.63, 3.8) is 0 Å². The van der Waals surface area contributed by atoms with Crippen LogP contribution in [0.3, 0.4) is 0 Å². The molecule has 0 unspecified atom stereocenters. The molecule has 0 saturated carbocycles. The number of nitriles is 1. The van der Waals surface area contributed by atoms with Crippen LogP contribution in [0.1, 0.15) is 22.8 Å². The van der Waals surface area contributed by atoms with Gasteiger partial charge < -0.3 is 18.7 Å². The van der Waals surface area contributed by atoms with Gasteiger partial charge in [0.05, 0.1) is 30.2 Å². The van der Waals surface area contributed by atoms with Crippen molar-refractivity contribution in [2.45, 2.75) is 19.4 Å². The molecule has 2 aromatic rings. The van der Waals surface area contributed by atoms with Crippen molar-refractivity contribution in [2.75, 3.05) is 48.5 Å². The quantitative estimate of drug-likeness (QED) is 0.195. The van der Waals surface area contributed by atoms with Crippen molar-refractivity contribution in [1.29, 1.82) is 5.26 Å². The van der Waals surface area contributed by atoms with Crippen molar-refractivity contribution in [3.05, 3.63) is 53.3 Å². The van der Waals surface area contributed by atoms with E-state index < -0.39 is 33.1 Å². The maximum atomic E-state index is 13.2. The molecule has 2 aromatic carbocycles. The molecule has 3 rings (SSSR count). The predicted molar refractivity (Wildman–Crippen MR) is 137 cm³/mol. The van der Waals surface area contributed by atoms with Crippen LogP contribution in [0.5, 0.6) is 5.75 Å². The van der Waals surface area contributed by atoms with Crippen molar-refractivity contribution in [2.24, 2.45) is 0 Å². The highest BCUT2D eigenvalue weighted by atomic mass is 35.5. The zero-order valence-corrected chi connectivity index (χ0v) is 22.9. The van der Waals surface area contributed by atoms with Gasteiger partial charge >= 0.3 is 15.6 Å². The number of alkyl halides is 5. The maximum absolute atomic E-state index is 13.2. The number of aryl methyl sites for hydroxylation is 1. The molecule has 1 saturated heterocycles. The van der Waals surface area contributed by atoms with Crippen molar-refractivity contribution >= 4 is 50.6 Å². The third-order valence-electron chi connectivity index (χ3n) is 4.88. The first-order valence-electron chi connectivity index (χ1n) is 10.7. The minimum Gasteiger partial charge on any atom is -0.378 e. The molecule has 0 aromatic heterocycles. The van der Waals surface area contributed by atoms with Gasteiger partial charge in [-0.25, -0.2) is 4.39 Å². The minimum absolute atomic E-state index is 0.194. The fourth-order valence-corrected chi connectivity index (χ4v) is 3.66. The van der Waals surface area contributed by atoms with Crippen LogP contribution in [0, 0.1) is 24.1 Å². The Morgan fingerprint density at radius 2 is 1.68 bits per heavy atom. The van der Waals surface area contributed by atoms with E-state index in [1.54, 1.807) is 17.0 Å². The summed E-state index contributed by atoms with van der Waals surface area (Å²) in [5, 5.41) is 7.51. The molecule has 0 radical (unpaired) electrons. The zero-order valence-electron chi connectivity index (χ0n) is 20.6. The minimum atomic E-state index is -6.03. The van der Waals surface area contributed by atoms with Crippen LogP contribution in [0.2, 0.25) is 0 Å². The van der Waals surface area contributed by atoms with E-state index in [0.717, 1.165) is 23.1 Å². The number of morpholine rings is 1. The van der Waals surface area contributed by atoms with Crippen LogP contribution in [0.25, 0.3) is 0 Å². The molecule has 1 heterocycles. The number of halogens is 6. The average Bonchev–Trinajstić information content (AvgIpc) is 2.84. The van der Waals surface area contributed by atoms with Gasteiger partial charge in [-0.3, -0.25) is 4.79 Å². The van der Waals surface area contributed by atoms with Gasteiger partial charge in [-0.1, -0.05) is 0 Å². The van der Waals surface area contributed by atoms with E-state index in [-0.39, 0.29) is 22.2 Å². The molecule has 15 heteroatoms. The van der Waals surface area contributed by atoms with Gasteiger partial charge in [0, 0.05) is 44.5 Å². The fraction of sp³-hybridized carbons (Fsp3) is 0.391. The second-order valence-electron chi connectivity index (χ2n) is 7.38. The lowest BCUT2D eigenvalue weighted by atomic mass is 10.0. The van der Waals surface area contributed by atoms with E-state index in [4.69, 9.17) is 33.2 Å². The fourth-order valence-electron chi connectivity index (χ4n) is 3.20. The summed E-state index contributed by atoms with van der Waals surface area (Å²) in [5.41, 5.74) is -5.20. The van der Waals surface area contributed by atoms with Gasteiger partial charge in [0.25, 0.3) is 5.91 Å². The molecule has 1 aliphatic heterocycles. The number of rotatable bonds is 5. The first kappa shape index (κ1) is 33.2. The van der Waals surface area contributed by atoms with Crippen LogP contribution in [0.4, 0.5) is 28.9 Å². The summed E-state index contributed by atoms with van der Waals surface area (Å²) in [5.74, 6) is -2.11. The predicted octanol–water partition coefficient (Wildman–Crippen LogP) is 5.43. The van der Waals surface area contributed by atoms with Crippen molar-refractivity contribution in [1.82, 2.24) is 0 Å². The van der Waals surface area contributed by atoms with E-state index in [1.165, 1.54) is 33.0 Å². The van der Waals surface area contributed by atoms with E-state index in [1.807, 2.05) is 0 Å². The number of carbonyl (C=O) groups excluding carboxylic acids is 1. The second-order valence-corrected chi connectivity index (χ2v) is 9.73. The summed E-state index contributed by atoms with van der Waals surface area (Å²) in [6.45, 7) is 4.50. The highest BCUT2D eigenvalue weighted by molar-refractivity contribution is 7.88. The van der Waals surface area contributed by atoms with Crippen molar-refractivity contribution < 1.29 is 39.7 Å². The van der Waals surface area contributed by atoms with Crippen LogP contribution in [-0.2, 0) is 14.9 Å². The first-order chi connectivity index (χ1) is 17.7. The molecular formula is C23H25Cl2F4N3O5S. The molecule has 0 atom stereocenters. The Kier molecular flexibility index (Phi) is 13.1. The number of nitrogens with zero attached hydrogens (tertiary/aromatic N) is 3. The smallest absolute Gasteiger partial charge is 0.378 e. The molecule has 0 N–H and O–H groups in total. The molecular weight excluding hydrogens is 577 g/mol. The zero-order chi connectivity index (χ0) is 29.1. The molecule has 8 nitrogen and oxygen atoms in total. The van der Waals surface area contributed by atoms with Gasteiger partial charge in [-0.15, -0.1) is 23.2 Å². The topological polar surface area (TPSA) is 99.9 Å². The molecule has 0 bridgehead atoms. The first-order valence-corrected chi connectivity index (χ1v) is 13.2. The Bertz CT molecular complexity index is 1220. The Balaban J connectivity index is 0.00000110. The highest BCUT2D eigenvalue weighted by Crippen LogP contribution is 2.35. The Hall–Kier alpha value is -2.79. The van der Waals surface area contributed by atoms with Crippen LogP contribution in [0.15, 0.2) is 36.4 Å². The number of amides is 1. The van der Waals surface area contributed by atoms with E-state index in [2.05, 4.69) is 4.18 Å². The summed E-state index contributed by atoms with van der Waals surface area (Å²) in [6, 6.07) is 9.23. The summed E-state index contributed by atoms with van der Waals surface area (Å²) in [4.78, 5) is 16.0. The Morgan fingerprint density at radius 1 is 1.18 bits per heavy atom. The lowest BCUT2D eigenvalue weighted by molar-refractivity contribution is -0.0500. The van der Waals surface area contributed by atoms with Gasteiger partial charge in [-0.2, -0.15) is 26.9 Å². The lowest BCUT2D eigenvalue weighted by Crippen LogP contribution is -2.36. The highest BCUT2D eigenvalue weighted by Gasteiger charge is 2.49. The van der Waals surface area contributed by atoms with E-state index >= 15 is 0 Å². The molecule has 1 amide bonds. The van der Waals surface area contributed by atoms with Crippen LogP contribution >= 0.6 is 23.2 Å². The second kappa shape index (κ2) is 15.0. The normalized spacial score (nSPS) is 13.2. The van der Waals surface area contributed by atoms with E-state index in [9.17, 15) is 30.8 Å². The number of hydrogen-bond donors (Lipinski definition) is 0. The lowest BCUT2D eigenvalue weighted by Gasteiger charge is -2.30. The van der Waals surface area contributed by atoms with E-state index in [0.29, 0.717) is 32.0 Å². The summed E-state index contributed by atoms with van der Waals surface area (Å²) >= 11 is 9.53. The Morgan fingerprint density at radius 3 is 2.16 bits per heavy atom. The number of anilines is 2. The number of ether oxygens (including phenoxy) is 1. The molecule has 0 aliphatic carbocycles. The van der Waals surface area contributed by atoms with Gasteiger partial charge in [0.2, 0.25) is 0 Å². The molecule has 1 fully saturated rings. The van der Waals surface area contributed by atoms with Crippen LogP contribution in [-0.4, -0.2) is 58.5 Å².